The number of carbonyl (C=O) groups is 2. The Hall–Kier alpha value is -1.06. The van der Waals surface area contributed by atoms with E-state index < -0.39 is 17.4 Å². The molecule has 0 fully saturated rings. The average Bonchev–Trinajstić information content (AvgIpc) is 2.19. The fourth-order valence-electron chi connectivity index (χ4n) is 1.30. The smallest absolute Gasteiger partial charge is 0.323 e. The van der Waals surface area contributed by atoms with E-state index in [1.54, 1.807) is 13.8 Å². The molecule has 0 bridgehead atoms. The molecule has 0 saturated carbocycles. The Morgan fingerprint density at radius 3 is 1.46 bits per heavy atom. The van der Waals surface area contributed by atoms with Crippen molar-refractivity contribution >= 4 is 11.9 Å². The van der Waals surface area contributed by atoms with Crippen LogP contribution in [0.4, 0.5) is 0 Å². The van der Waals surface area contributed by atoms with Crippen LogP contribution in [-0.4, -0.2) is 26.2 Å². The molecule has 0 amide bonds. The minimum atomic E-state index is -1.12. The van der Waals surface area contributed by atoms with Crippen LogP contribution in [0, 0.1) is 5.41 Å². The summed E-state index contributed by atoms with van der Waals surface area (Å²) in [4.78, 5) is 22.7. The van der Waals surface area contributed by atoms with Gasteiger partial charge in [0.05, 0.1) is 14.2 Å². The SMILES string of the molecule is CCC(CC)(C(=O)OC)C(=O)OC. The highest BCUT2D eigenvalue weighted by molar-refractivity contribution is 5.99. The molecule has 0 unspecified atom stereocenters. The number of rotatable bonds is 4. The zero-order valence-electron chi connectivity index (χ0n) is 8.55. The third kappa shape index (κ3) is 1.99. The number of carbonyl (C=O) groups excluding carboxylic acids is 2. The molecule has 0 aliphatic heterocycles. The molecule has 0 radical (unpaired) electrons. The van der Waals surface area contributed by atoms with Crippen LogP contribution < -0.4 is 0 Å². The summed E-state index contributed by atoms with van der Waals surface area (Å²) in [6, 6.07) is 0. The van der Waals surface area contributed by atoms with E-state index in [9.17, 15) is 9.59 Å². The van der Waals surface area contributed by atoms with Gasteiger partial charge >= 0.3 is 11.9 Å². The monoisotopic (exact) mass is 188 g/mol. The molecule has 0 N–H and O–H groups in total. The van der Waals surface area contributed by atoms with E-state index in [-0.39, 0.29) is 0 Å². The first kappa shape index (κ1) is 11.9. The Morgan fingerprint density at radius 2 is 1.31 bits per heavy atom. The van der Waals surface area contributed by atoms with Crippen LogP contribution in [0.3, 0.4) is 0 Å². The summed E-state index contributed by atoms with van der Waals surface area (Å²) >= 11 is 0. The van der Waals surface area contributed by atoms with Gasteiger partial charge in [-0.3, -0.25) is 9.59 Å². The van der Waals surface area contributed by atoms with Crippen LogP contribution >= 0.6 is 0 Å². The van der Waals surface area contributed by atoms with Crippen LogP contribution in [0.2, 0.25) is 0 Å². The molecule has 0 atom stereocenters. The van der Waals surface area contributed by atoms with Gasteiger partial charge < -0.3 is 9.47 Å². The number of hydrogen-bond donors (Lipinski definition) is 0. The molecule has 0 aromatic carbocycles. The van der Waals surface area contributed by atoms with E-state index in [1.807, 2.05) is 0 Å². The second-order valence-corrected chi connectivity index (χ2v) is 2.77. The molecule has 0 rings (SSSR count). The fourth-order valence-corrected chi connectivity index (χ4v) is 1.30. The van der Waals surface area contributed by atoms with Crippen LogP contribution in [0.15, 0.2) is 0 Å². The highest BCUT2D eigenvalue weighted by Crippen LogP contribution is 2.29. The molecule has 4 nitrogen and oxygen atoms in total. The minimum Gasteiger partial charge on any atom is -0.468 e. The third-order valence-corrected chi connectivity index (χ3v) is 2.36. The Kier molecular flexibility index (Phi) is 4.45. The van der Waals surface area contributed by atoms with E-state index in [1.165, 1.54) is 14.2 Å². The van der Waals surface area contributed by atoms with Gasteiger partial charge in [-0.15, -0.1) is 0 Å². The van der Waals surface area contributed by atoms with Crippen molar-refractivity contribution in [1.29, 1.82) is 0 Å². The molecule has 0 saturated heterocycles. The van der Waals surface area contributed by atoms with Gasteiger partial charge in [0.1, 0.15) is 0 Å². The van der Waals surface area contributed by atoms with Crippen LogP contribution in [-0.2, 0) is 19.1 Å². The summed E-state index contributed by atoms with van der Waals surface area (Å²) in [7, 11) is 2.54. The highest BCUT2D eigenvalue weighted by Gasteiger charge is 2.44. The van der Waals surface area contributed by atoms with Gasteiger partial charge in [-0.1, -0.05) is 13.8 Å². The molecule has 0 aromatic rings. The maximum absolute atomic E-state index is 11.4. The number of methoxy groups -OCH3 is 2. The second kappa shape index (κ2) is 4.84. The Morgan fingerprint density at radius 1 is 1.00 bits per heavy atom. The van der Waals surface area contributed by atoms with Gasteiger partial charge in [-0.2, -0.15) is 0 Å². The van der Waals surface area contributed by atoms with Gasteiger partial charge in [0.25, 0.3) is 0 Å². The molecule has 0 aliphatic carbocycles. The maximum Gasteiger partial charge on any atom is 0.323 e. The maximum atomic E-state index is 11.4. The number of ether oxygens (including phenoxy) is 2. The average molecular weight is 188 g/mol. The van der Waals surface area contributed by atoms with E-state index >= 15 is 0 Å². The molecule has 4 heteroatoms. The summed E-state index contributed by atoms with van der Waals surface area (Å²) in [5.74, 6) is -1.05. The fraction of sp³-hybridized carbons (Fsp3) is 0.778. The predicted molar refractivity (Wildman–Crippen MR) is 47.0 cm³/mol. The van der Waals surface area contributed by atoms with Crippen molar-refractivity contribution in [2.24, 2.45) is 5.41 Å². The first-order valence-corrected chi connectivity index (χ1v) is 4.25. The van der Waals surface area contributed by atoms with Crippen molar-refractivity contribution in [2.45, 2.75) is 26.7 Å². The lowest BCUT2D eigenvalue weighted by molar-refractivity contribution is -0.169. The summed E-state index contributed by atoms with van der Waals surface area (Å²) in [5, 5.41) is 0. The standard InChI is InChI=1S/C9H16O4/c1-5-9(6-2,7(10)12-3)8(11)13-4/h5-6H2,1-4H3. The van der Waals surface area contributed by atoms with Gasteiger partial charge in [0.2, 0.25) is 0 Å². The number of esters is 2. The summed E-state index contributed by atoms with van der Waals surface area (Å²) in [6.45, 7) is 3.52. The molecule has 0 spiro atoms. The summed E-state index contributed by atoms with van der Waals surface area (Å²) in [5.41, 5.74) is -1.12. The molecule has 76 valence electrons. The molecule has 13 heavy (non-hydrogen) atoms. The highest BCUT2D eigenvalue weighted by atomic mass is 16.5. The Labute approximate surface area is 78.2 Å². The quantitative estimate of drug-likeness (QED) is 0.490. The van der Waals surface area contributed by atoms with E-state index in [0.717, 1.165) is 0 Å². The Balaban J connectivity index is 4.90. The molecule has 0 heterocycles. The molecular formula is C9H16O4. The molecule has 0 aliphatic rings. The van der Waals surface area contributed by atoms with Crippen LogP contribution in [0.25, 0.3) is 0 Å². The van der Waals surface area contributed by atoms with Crippen LogP contribution in [0.1, 0.15) is 26.7 Å². The Bertz CT molecular complexity index is 176. The van der Waals surface area contributed by atoms with Gasteiger partial charge in [-0.25, -0.2) is 0 Å². The minimum absolute atomic E-state index is 0.392. The van der Waals surface area contributed by atoms with Crippen molar-refractivity contribution in [2.75, 3.05) is 14.2 Å². The lowest BCUT2D eigenvalue weighted by atomic mass is 9.82. The lowest BCUT2D eigenvalue weighted by Gasteiger charge is -2.24. The van der Waals surface area contributed by atoms with Gasteiger partial charge in [-0.05, 0) is 12.8 Å². The van der Waals surface area contributed by atoms with Crippen molar-refractivity contribution in [3.8, 4) is 0 Å². The topological polar surface area (TPSA) is 52.6 Å². The second-order valence-electron chi connectivity index (χ2n) is 2.77. The molecular weight excluding hydrogens is 172 g/mol. The van der Waals surface area contributed by atoms with E-state index in [2.05, 4.69) is 9.47 Å². The predicted octanol–water partition coefficient (Wildman–Crippen LogP) is 1.14. The van der Waals surface area contributed by atoms with Crippen molar-refractivity contribution < 1.29 is 19.1 Å². The normalized spacial score (nSPS) is 10.8. The zero-order chi connectivity index (χ0) is 10.5. The van der Waals surface area contributed by atoms with Crippen molar-refractivity contribution in [1.82, 2.24) is 0 Å². The number of hydrogen-bond acceptors (Lipinski definition) is 4. The van der Waals surface area contributed by atoms with E-state index in [4.69, 9.17) is 0 Å². The van der Waals surface area contributed by atoms with E-state index in [0.29, 0.717) is 12.8 Å². The van der Waals surface area contributed by atoms with Gasteiger partial charge in [0.15, 0.2) is 5.41 Å². The zero-order valence-corrected chi connectivity index (χ0v) is 8.55. The summed E-state index contributed by atoms with van der Waals surface area (Å²) < 4.78 is 9.16. The largest absolute Gasteiger partial charge is 0.468 e. The van der Waals surface area contributed by atoms with Crippen molar-refractivity contribution in [3.63, 3.8) is 0 Å². The first-order valence-electron chi connectivity index (χ1n) is 4.25. The van der Waals surface area contributed by atoms with Gasteiger partial charge in [0, 0.05) is 0 Å². The third-order valence-electron chi connectivity index (χ3n) is 2.36. The van der Waals surface area contributed by atoms with Crippen LogP contribution in [0.5, 0.6) is 0 Å². The first-order chi connectivity index (χ1) is 6.08. The lowest BCUT2D eigenvalue weighted by Crippen LogP contribution is -2.40. The summed E-state index contributed by atoms with van der Waals surface area (Å²) in [6.07, 6.45) is 0.783. The molecule has 0 aromatic heterocycles. The van der Waals surface area contributed by atoms with Crippen molar-refractivity contribution in [3.05, 3.63) is 0 Å².